The molecule has 0 radical (unpaired) electrons. The van der Waals surface area contributed by atoms with Gasteiger partial charge in [0.25, 0.3) is 0 Å². The highest BCUT2D eigenvalue weighted by atomic mass is 16.5. The normalized spacial score (nSPS) is 9.67. The summed E-state index contributed by atoms with van der Waals surface area (Å²) in [5, 5.41) is 9.11. The number of carboxylic acids is 1. The van der Waals surface area contributed by atoms with Crippen LogP contribution in [0.5, 0.6) is 5.75 Å². The lowest BCUT2D eigenvalue weighted by molar-refractivity contribution is 0.0693. The van der Waals surface area contributed by atoms with E-state index in [2.05, 4.69) is 5.92 Å². The Bertz CT molecular complexity index is 708. The van der Waals surface area contributed by atoms with Gasteiger partial charge in [-0.2, -0.15) is 0 Å². The Balaban J connectivity index is 2.29. The van der Waals surface area contributed by atoms with Crippen molar-refractivity contribution in [1.82, 2.24) is 0 Å². The highest BCUT2D eigenvalue weighted by Crippen LogP contribution is 2.18. The van der Waals surface area contributed by atoms with Crippen molar-refractivity contribution < 1.29 is 19.4 Å². The van der Waals surface area contributed by atoms with E-state index in [9.17, 15) is 9.59 Å². The van der Waals surface area contributed by atoms with E-state index in [4.69, 9.17) is 16.3 Å². The second-order valence-electron chi connectivity index (χ2n) is 4.20. The fourth-order valence-corrected chi connectivity index (χ4v) is 1.85. The van der Waals surface area contributed by atoms with Crippen molar-refractivity contribution in [2.24, 2.45) is 0 Å². The number of hydrogen-bond donors (Lipinski definition) is 1. The number of terminal acetylenes is 1. The molecule has 0 amide bonds. The molecule has 0 aliphatic rings. The lowest BCUT2D eigenvalue weighted by atomic mass is 9.98. The number of carboxylic acid groups (broad SMARTS) is 1. The smallest absolute Gasteiger partial charge is 0.336 e. The van der Waals surface area contributed by atoms with Crippen molar-refractivity contribution >= 4 is 11.8 Å². The molecule has 21 heavy (non-hydrogen) atoms. The Morgan fingerprint density at radius 1 is 1.05 bits per heavy atom. The van der Waals surface area contributed by atoms with E-state index in [1.54, 1.807) is 36.4 Å². The molecule has 0 atom stereocenters. The molecule has 2 rings (SSSR count). The van der Waals surface area contributed by atoms with Gasteiger partial charge in [0.05, 0.1) is 5.56 Å². The van der Waals surface area contributed by atoms with Crippen LogP contribution < -0.4 is 4.74 Å². The average molecular weight is 280 g/mol. The summed E-state index contributed by atoms with van der Waals surface area (Å²) in [7, 11) is 0. The standard InChI is InChI=1S/C17H12O4/c1-2-11-21-13-9-7-12(8-10-13)16(18)14-5-3-4-6-15(14)17(19)20/h1,3-10H,11H2,(H,19,20). The van der Waals surface area contributed by atoms with Crippen LogP contribution in [0.15, 0.2) is 48.5 Å². The molecule has 0 spiro atoms. The molecular weight excluding hydrogens is 268 g/mol. The quantitative estimate of drug-likeness (QED) is 0.675. The van der Waals surface area contributed by atoms with Crippen molar-refractivity contribution in [3.05, 3.63) is 65.2 Å². The molecule has 0 aromatic heterocycles. The van der Waals surface area contributed by atoms with E-state index in [1.165, 1.54) is 12.1 Å². The Morgan fingerprint density at radius 2 is 1.67 bits per heavy atom. The Morgan fingerprint density at radius 3 is 2.24 bits per heavy atom. The molecule has 1 N–H and O–H groups in total. The maximum Gasteiger partial charge on any atom is 0.336 e. The van der Waals surface area contributed by atoms with Crippen molar-refractivity contribution in [1.29, 1.82) is 0 Å². The zero-order valence-electron chi connectivity index (χ0n) is 11.1. The monoisotopic (exact) mass is 280 g/mol. The van der Waals surface area contributed by atoms with Crippen LogP contribution in [0.3, 0.4) is 0 Å². The first-order valence-electron chi connectivity index (χ1n) is 6.17. The van der Waals surface area contributed by atoms with Crippen molar-refractivity contribution in [3.63, 3.8) is 0 Å². The van der Waals surface area contributed by atoms with Gasteiger partial charge in [-0.15, -0.1) is 6.42 Å². The first kappa shape index (κ1) is 14.4. The van der Waals surface area contributed by atoms with E-state index >= 15 is 0 Å². The summed E-state index contributed by atoms with van der Waals surface area (Å²) in [6.07, 6.45) is 5.09. The van der Waals surface area contributed by atoms with Crippen LogP contribution in [0.2, 0.25) is 0 Å². The maximum absolute atomic E-state index is 12.4. The van der Waals surface area contributed by atoms with Gasteiger partial charge in [0.15, 0.2) is 5.78 Å². The Labute approximate surface area is 122 Å². The molecule has 104 valence electrons. The minimum Gasteiger partial charge on any atom is -0.481 e. The van der Waals surface area contributed by atoms with Gasteiger partial charge >= 0.3 is 5.97 Å². The summed E-state index contributed by atoms with van der Waals surface area (Å²) >= 11 is 0. The molecule has 2 aromatic rings. The lowest BCUT2D eigenvalue weighted by Gasteiger charge is -2.06. The van der Waals surface area contributed by atoms with Crippen molar-refractivity contribution in [3.8, 4) is 18.1 Å². The molecular formula is C17H12O4. The van der Waals surface area contributed by atoms with Gasteiger partial charge in [-0.1, -0.05) is 24.1 Å². The molecule has 0 unspecified atom stereocenters. The largest absolute Gasteiger partial charge is 0.481 e. The Hall–Kier alpha value is -3.06. The second-order valence-corrected chi connectivity index (χ2v) is 4.20. The molecule has 0 heterocycles. The average Bonchev–Trinajstić information content (AvgIpc) is 2.52. The number of benzene rings is 2. The van der Waals surface area contributed by atoms with Gasteiger partial charge in [0.1, 0.15) is 12.4 Å². The van der Waals surface area contributed by atoms with E-state index in [0.717, 1.165) is 0 Å². The van der Waals surface area contributed by atoms with E-state index < -0.39 is 5.97 Å². The minimum absolute atomic E-state index is 0.0184. The topological polar surface area (TPSA) is 63.6 Å². The predicted octanol–water partition coefficient (Wildman–Crippen LogP) is 2.63. The fourth-order valence-electron chi connectivity index (χ4n) is 1.85. The second kappa shape index (κ2) is 6.40. The van der Waals surface area contributed by atoms with Crippen LogP contribution in [0.1, 0.15) is 26.3 Å². The molecule has 2 aromatic carbocycles. The van der Waals surface area contributed by atoms with Gasteiger partial charge in [-0.05, 0) is 30.3 Å². The van der Waals surface area contributed by atoms with E-state index in [0.29, 0.717) is 11.3 Å². The fraction of sp³-hybridized carbons (Fsp3) is 0.0588. The van der Waals surface area contributed by atoms with Crippen LogP contribution in [0, 0.1) is 12.3 Å². The number of rotatable bonds is 5. The highest BCUT2D eigenvalue weighted by molar-refractivity contribution is 6.14. The lowest BCUT2D eigenvalue weighted by Crippen LogP contribution is -2.09. The van der Waals surface area contributed by atoms with Gasteiger partial charge in [-0.25, -0.2) is 4.79 Å². The van der Waals surface area contributed by atoms with Gasteiger partial charge in [0, 0.05) is 11.1 Å². The highest BCUT2D eigenvalue weighted by Gasteiger charge is 2.17. The summed E-state index contributed by atoms with van der Waals surface area (Å²) in [6.45, 7) is 0.148. The van der Waals surface area contributed by atoms with Gasteiger partial charge in [0.2, 0.25) is 0 Å². The van der Waals surface area contributed by atoms with Crippen LogP contribution in [-0.2, 0) is 0 Å². The molecule has 0 aliphatic heterocycles. The number of ketones is 1. The first-order chi connectivity index (χ1) is 10.1. The van der Waals surface area contributed by atoms with Crippen LogP contribution in [0.25, 0.3) is 0 Å². The van der Waals surface area contributed by atoms with Crippen LogP contribution in [0.4, 0.5) is 0 Å². The predicted molar refractivity (Wildman–Crippen MR) is 77.6 cm³/mol. The molecule has 4 nitrogen and oxygen atoms in total. The first-order valence-corrected chi connectivity index (χ1v) is 6.17. The number of carbonyl (C=O) groups excluding carboxylic acids is 1. The van der Waals surface area contributed by atoms with E-state index in [1.807, 2.05) is 0 Å². The molecule has 4 heteroatoms. The number of carbonyl (C=O) groups is 2. The van der Waals surface area contributed by atoms with E-state index in [-0.39, 0.29) is 23.5 Å². The summed E-state index contributed by atoms with van der Waals surface area (Å²) in [4.78, 5) is 23.5. The number of hydrogen-bond acceptors (Lipinski definition) is 3. The SMILES string of the molecule is C#CCOc1ccc(C(=O)c2ccccc2C(=O)O)cc1. The van der Waals surface area contributed by atoms with Crippen LogP contribution in [-0.4, -0.2) is 23.5 Å². The summed E-state index contributed by atoms with van der Waals surface area (Å²) < 4.78 is 5.22. The minimum atomic E-state index is -1.13. The van der Waals surface area contributed by atoms with Crippen LogP contribution >= 0.6 is 0 Å². The third kappa shape index (κ3) is 3.28. The Kier molecular flexibility index (Phi) is 4.37. The number of ether oxygens (including phenoxy) is 1. The number of aromatic carboxylic acids is 1. The maximum atomic E-state index is 12.4. The molecule has 0 bridgehead atoms. The zero-order chi connectivity index (χ0) is 15.2. The van der Waals surface area contributed by atoms with Crippen molar-refractivity contribution in [2.75, 3.05) is 6.61 Å². The summed E-state index contributed by atoms with van der Waals surface area (Å²) in [5.74, 6) is 1.41. The van der Waals surface area contributed by atoms with Gasteiger partial charge in [-0.3, -0.25) is 4.79 Å². The third-order valence-corrected chi connectivity index (χ3v) is 2.84. The molecule has 0 aliphatic carbocycles. The summed E-state index contributed by atoms with van der Waals surface area (Å²) in [5.41, 5.74) is 0.522. The third-order valence-electron chi connectivity index (χ3n) is 2.84. The van der Waals surface area contributed by atoms with Crippen molar-refractivity contribution in [2.45, 2.75) is 0 Å². The van der Waals surface area contributed by atoms with Gasteiger partial charge < -0.3 is 9.84 Å². The molecule has 0 saturated carbocycles. The zero-order valence-corrected chi connectivity index (χ0v) is 11.1. The molecule has 0 fully saturated rings. The summed E-state index contributed by atoms with van der Waals surface area (Å²) in [6, 6.07) is 12.5. The molecule has 0 saturated heterocycles.